The van der Waals surface area contributed by atoms with Gasteiger partial charge in [-0.1, -0.05) is 0 Å². The zero-order valence-electron chi connectivity index (χ0n) is 12.4. The van der Waals surface area contributed by atoms with Crippen molar-refractivity contribution >= 4 is 17.5 Å². The summed E-state index contributed by atoms with van der Waals surface area (Å²) in [6.07, 6.45) is 5.94. The minimum absolute atomic E-state index is 0.0291. The molecule has 1 aliphatic carbocycles. The Morgan fingerprint density at radius 3 is 3.13 bits per heavy atom. The van der Waals surface area contributed by atoms with E-state index < -0.39 is 0 Å². The lowest BCUT2D eigenvalue weighted by Crippen LogP contribution is -2.27. The van der Waals surface area contributed by atoms with E-state index in [0.717, 1.165) is 5.69 Å². The van der Waals surface area contributed by atoms with E-state index in [2.05, 4.69) is 20.2 Å². The largest absolute Gasteiger partial charge is 0.482 e. The van der Waals surface area contributed by atoms with Gasteiger partial charge in [-0.05, 0) is 31.0 Å². The van der Waals surface area contributed by atoms with Crippen LogP contribution < -0.4 is 15.4 Å². The van der Waals surface area contributed by atoms with Crippen LogP contribution in [0.25, 0.3) is 0 Å². The van der Waals surface area contributed by atoms with Crippen molar-refractivity contribution in [1.82, 2.24) is 14.9 Å². The zero-order valence-corrected chi connectivity index (χ0v) is 12.4. The van der Waals surface area contributed by atoms with Gasteiger partial charge >= 0.3 is 0 Å². The summed E-state index contributed by atoms with van der Waals surface area (Å²) in [4.78, 5) is 27.7. The molecule has 0 unspecified atom stereocenters. The summed E-state index contributed by atoms with van der Waals surface area (Å²) in [5.41, 5.74) is 2.09. The van der Waals surface area contributed by atoms with Crippen molar-refractivity contribution in [3.05, 3.63) is 42.0 Å². The molecule has 2 aliphatic rings. The monoisotopic (exact) mass is 312 g/mol. The Labute approximate surface area is 132 Å². The van der Waals surface area contributed by atoms with Crippen LogP contribution >= 0.6 is 0 Å². The van der Waals surface area contributed by atoms with E-state index in [4.69, 9.17) is 4.74 Å². The Hall–Kier alpha value is -2.83. The quantitative estimate of drug-likeness (QED) is 0.895. The van der Waals surface area contributed by atoms with E-state index in [9.17, 15) is 9.59 Å². The molecule has 118 valence electrons. The highest BCUT2D eigenvalue weighted by Crippen LogP contribution is 2.35. The maximum atomic E-state index is 12.3. The first kappa shape index (κ1) is 13.8. The molecule has 1 aromatic carbocycles. The third kappa shape index (κ3) is 2.77. The Morgan fingerprint density at radius 2 is 2.30 bits per heavy atom. The van der Waals surface area contributed by atoms with Crippen LogP contribution in [0, 0.1) is 0 Å². The van der Waals surface area contributed by atoms with Crippen LogP contribution in [0.2, 0.25) is 0 Å². The number of hydrogen-bond donors (Lipinski definition) is 2. The second-order valence-electron chi connectivity index (χ2n) is 5.75. The first-order valence-corrected chi connectivity index (χ1v) is 7.56. The van der Waals surface area contributed by atoms with Crippen molar-refractivity contribution in [1.29, 1.82) is 0 Å². The molecule has 7 heteroatoms. The van der Waals surface area contributed by atoms with Gasteiger partial charge < -0.3 is 19.9 Å². The Bertz CT molecular complexity index is 779. The van der Waals surface area contributed by atoms with Crippen LogP contribution in [0.5, 0.6) is 5.75 Å². The number of carbonyl (C=O) groups is 2. The van der Waals surface area contributed by atoms with Gasteiger partial charge in [0.1, 0.15) is 5.75 Å². The van der Waals surface area contributed by atoms with Crippen molar-refractivity contribution in [3.8, 4) is 5.75 Å². The van der Waals surface area contributed by atoms with Gasteiger partial charge in [-0.3, -0.25) is 9.59 Å². The van der Waals surface area contributed by atoms with Crippen molar-refractivity contribution in [2.24, 2.45) is 0 Å². The molecule has 1 saturated carbocycles. The average molecular weight is 312 g/mol. The third-order valence-corrected chi connectivity index (χ3v) is 3.99. The lowest BCUT2D eigenvalue weighted by atomic mass is 10.1. The molecular weight excluding hydrogens is 296 g/mol. The number of rotatable bonds is 4. The lowest BCUT2D eigenvalue weighted by molar-refractivity contribution is -0.118. The fourth-order valence-electron chi connectivity index (χ4n) is 2.64. The Kier molecular flexibility index (Phi) is 3.25. The van der Waals surface area contributed by atoms with Gasteiger partial charge in [0.25, 0.3) is 11.8 Å². The molecule has 1 aromatic heterocycles. The number of nitrogens with one attached hydrogen (secondary N) is 2. The Morgan fingerprint density at radius 1 is 1.43 bits per heavy atom. The number of aromatic nitrogens is 2. The number of benzene rings is 1. The number of anilines is 1. The number of ether oxygens (including phenoxy) is 1. The van der Waals surface area contributed by atoms with Crippen molar-refractivity contribution < 1.29 is 14.3 Å². The van der Waals surface area contributed by atoms with Gasteiger partial charge in [-0.25, -0.2) is 4.98 Å². The highest BCUT2D eigenvalue weighted by Gasteiger charge is 2.25. The van der Waals surface area contributed by atoms with E-state index in [-0.39, 0.29) is 18.4 Å². The van der Waals surface area contributed by atoms with Crippen LogP contribution in [-0.4, -0.2) is 28.0 Å². The number of fused-ring (bicyclic) bond motifs is 1. The van der Waals surface area contributed by atoms with Gasteiger partial charge in [0.05, 0.1) is 24.3 Å². The van der Waals surface area contributed by atoms with E-state index in [1.54, 1.807) is 24.4 Å². The number of carbonyl (C=O) groups excluding carboxylic acids is 2. The molecule has 0 radical (unpaired) electrons. The first-order valence-electron chi connectivity index (χ1n) is 7.56. The second kappa shape index (κ2) is 5.42. The van der Waals surface area contributed by atoms with E-state index in [1.165, 1.54) is 12.8 Å². The first-order chi connectivity index (χ1) is 11.2. The molecule has 4 rings (SSSR count). The summed E-state index contributed by atoms with van der Waals surface area (Å²) in [6.45, 7) is 0.405. The number of hydrogen-bond acceptors (Lipinski definition) is 4. The lowest BCUT2D eigenvalue weighted by Gasteiger charge is -2.18. The normalized spacial score (nSPS) is 16.3. The molecule has 7 nitrogen and oxygen atoms in total. The number of imidazole rings is 1. The van der Waals surface area contributed by atoms with Crippen molar-refractivity contribution in [2.45, 2.75) is 25.4 Å². The maximum absolute atomic E-state index is 12.3. The number of amides is 2. The molecule has 1 fully saturated rings. The van der Waals surface area contributed by atoms with Gasteiger partial charge in [0.2, 0.25) is 0 Å². The van der Waals surface area contributed by atoms with Crippen LogP contribution in [0.1, 0.15) is 34.9 Å². The molecule has 0 saturated heterocycles. The highest BCUT2D eigenvalue weighted by atomic mass is 16.5. The summed E-state index contributed by atoms with van der Waals surface area (Å²) >= 11 is 0. The SMILES string of the molecule is O=C1COc2cc(C(=O)NCc3cncn3C3CC3)ccc2N1. The smallest absolute Gasteiger partial charge is 0.262 e. The topological polar surface area (TPSA) is 85.2 Å². The van der Waals surface area contributed by atoms with Crippen LogP contribution in [-0.2, 0) is 11.3 Å². The standard InChI is InChI=1S/C16H16N4O3/c21-15-8-23-14-5-10(1-4-13(14)19-15)16(22)18-7-12-6-17-9-20(12)11-2-3-11/h1,4-6,9,11H,2-3,7-8H2,(H,18,22)(H,19,21). The summed E-state index contributed by atoms with van der Waals surface area (Å²) in [6, 6.07) is 5.52. The van der Waals surface area contributed by atoms with Gasteiger partial charge in [-0.15, -0.1) is 0 Å². The fourth-order valence-corrected chi connectivity index (χ4v) is 2.64. The molecule has 0 atom stereocenters. The third-order valence-electron chi connectivity index (χ3n) is 3.99. The van der Waals surface area contributed by atoms with E-state index in [0.29, 0.717) is 29.6 Å². The van der Waals surface area contributed by atoms with Crippen molar-refractivity contribution in [2.75, 3.05) is 11.9 Å². The highest BCUT2D eigenvalue weighted by molar-refractivity contribution is 5.98. The van der Waals surface area contributed by atoms with Crippen LogP contribution in [0.4, 0.5) is 5.69 Å². The summed E-state index contributed by atoms with van der Waals surface area (Å²) < 4.78 is 7.45. The molecule has 2 N–H and O–H groups in total. The van der Waals surface area contributed by atoms with Gasteiger partial charge in [0, 0.05) is 17.8 Å². The molecule has 23 heavy (non-hydrogen) atoms. The molecule has 1 aliphatic heterocycles. The number of nitrogens with zero attached hydrogens (tertiary/aromatic N) is 2. The summed E-state index contributed by atoms with van der Waals surface area (Å²) in [5, 5.41) is 5.60. The van der Waals surface area contributed by atoms with Crippen LogP contribution in [0.3, 0.4) is 0 Å². The molecule has 0 spiro atoms. The maximum Gasteiger partial charge on any atom is 0.262 e. The summed E-state index contributed by atoms with van der Waals surface area (Å²) in [7, 11) is 0. The summed E-state index contributed by atoms with van der Waals surface area (Å²) in [5.74, 6) is 0.139. The Balaban J connectivity index is 1.45. The van der Waals surface area contributed by atoms with E-state index >= 15 is 0 Å². The van der Waals surface area contributed by atoms with Crippen LogP contribution in [0.15, 0.2) is 30.7 Å². The van der Waals surface area contributed by atoms with Gasteiger partial charge in [-0.2, -0.15) is 0 Å². The minimum Gasteiger partial charge on any atom is -0.482 e. The predicted molar refractivity (Wildman–Crippen MR) is 82.2 cm³/mol. The average Bonchev–Trinajstić information content (AvgIpc) is 3.30. The zero-order chi connectivity index (χ0) is 15.8. The fraction of sp³-hybridized carbons (Fsp3) is 0.312. The molecule has 0 bridgehead atoms. The molecular formula is C16H16N4O3. The molecule has 2 aromatic rings. The van der Waals surface area contributed by atoms with Crippen molar-refractivity contribution in [3.63, 3.8) is 0 Å². The van der Waals surface area contributed by atoms with Gasteiger partial charge in [0.15, 0.2) is 6.61 Å². The molecule has 2 amide bonds. The second-order valence-corrected chi connectivity index (χ2v) is 5.75. The molecule has 2 heterocycles. The predicted octanol–water partition coefficient (Wildman–Crippen LogP) is 1.48. The van der Waals surface area contributed by atoms with E-state index in [1.807, 2.05) is 6.33 Å². The minimum atomic E-state index is -0.192.